The number of benzene rings is 2. The molecule has 128 valence electrons. The van der Waals surface area contributed by atoms with E-state index in [0.717, 1.165) is 15.8 Å². The van der Waals surface area contributed by atoms with Crippen molar-refractivity contribution in [3.05, 3.63) is 57.4 Å². The molecule has 1 aliphatic rings. The fourth-order valence-electron chi connectivity index (χ4n) is 2.38. The van der Waals surface area contributed by atoms with Crippen LogP contribution in [0, 0.1) is 0 Å². The zero-order chi connectivity index (χ0) is 18.0. The summed E-state index contributed by atoms with van der Waals surface area (Å²) in [7, 11) is 3.20. The number of nitrogens with zero attached hydrogens (tertiary/aromatic N) is 1. The molecule has 3 rings (SSSR count). The average molecular weight is 436 g/mol. The number of carbonyl (C=O) groups excluding carboxylic acids is 1. The summed E-state index contributed by atoms with van der Waals surface area (Å²) in [5, 5.41) is 0. The number of thiocarbonyl (C=S) groups is 1. The van der Waals surface area contributed by atoms with Gasteiger partial charge in [-0.2, -0.15) is 0 Å². The summed E-state index contributed by atoms with van der Waals surface area (Å²) in [5.41, 5.74) is 1.53. The van der Waals surface area contributed by atoms with E-state index in [9.17, 15) is 4.79 Å². The fraction of sp³-hybridized carbons (Fsp3) is 0.111. The van der Waals surface area contributed by atoms with Crippen molar-refractivity contribution in [1.29, 1.82) is 0 Å². The van der Waals surface area contributed by atoms with Crippen molar-refractivity contribution in [2.75, 3.05) is 19.1 Å². The van der Waals surface area contributed by atoms with Gasteiger partial charge in [0.15, 0.2) is 4.32 Å². The van der Waals surface area contributed by atoms with Gasteiger partial charge >= 0.3 is 0 Å². The van der Waals surface area contributed by atoms with E-state index in [1.54, 1.807) is 32.4 Å². The highest BCUT2D eigenvalue weighted by molar-refractivity contribution is 9.10. The van der Waals surface area contributed by atoms with Crippen molar-refractivity contribution in [2.45, 2.75) is 0 Å². The molecule has 1 heterocycles. The first-order valence-electron chi connectivity index (χ1n) is 7.29. The second-order valence-corrected chi connectivity index (χ2v) is 7.69. The number of ether oxygens (including phenoxy) is 2. The highest BCUT2D eigenvalue weighted by Gasteiger charge is 2.33. The number of methoxy groups -OCH3 is 2. The molecule has 7 heteroatoms. The normalized spacial score (nSPS) is 15.8. The number of amides is 1. The van der Waals surface area contributed by atoms with Crippen molar-refractivity contribution in [2.24, 2.45) is 0 Å². The molecule has 0 spiro atoms. The maximum atomic E-state index is 12.8. The van der Waals surface area contributed by atoms with Crippen LogP contribution in [0.2, 0.25) is 0 Å². The van der Waals surface area contributed by atoms with Crippen LogP contribution in [-0.4, -0.2) is 24.4 Å². The number of anilines is 1. The van der Waals surface area contributed by atoms with Crippen LogP contribution in [0.5, 0.6) is 11.5 Å². The maximum Gasteiger partial charge on any atom is 0.270 e. The lowest BCUT2D eigenvalue weighted by atomic mass is 10.2. The molecule has 0 saturated carbocycles. The molecule has 0 atom stereocenters. The molecule has 0 bridgehead atoms. The number of hydrogen-bond donors (Lipinski definition) is 0. The predicted octanol–water partition coefficient (Wildman–Crippen LogP) is 4.87. The smallest absolute Gasteiger partial charge is 0.270 e. The molecular formula is C18H14BrNO3S2. The van der Waals surface area contributed by atoms with Crippen LogP contribution >= 0.6 is 39.9 Å². The SMILES string of the molecule is COc1ccc(N2C(=O)/C(=C\c3cc(Br)ccc3OC)SC2=S)cc1. The van der Waals surface area contributed by atoms with E-state index in [4.69, 9.17) is 21.7 Å². The van der Waals surface area contributed by atoms with Gasteiger partial charge in [0.2, 0.25) is 0 Å². The van der Waals surface area contributed by atoms with Gasteiger partial charge in [0.05, 0.1) is 24.8 Å². The van der Waals surface area contributed by atoms with E-state index in [1.807, 2.05) is 30.3 Å². The fourth-order valence-corrected chi connectivity index (χ4v) is 4.05. The van der Waals surface area contributed by atoms with Crippen LogP contribution in [0.1, 0.15) is 5.56 Å². The Kier molecular flexibility index (Phi) is 5.46. The van der Waals surface area contributed by atoms with Gasteiger partial charge in [0, 0.05) is 10.0 Å². The lowest BCUT2D eigenvalue weighted by Crippen LogP contribution is -2.27. The van der Waals surface area contributed by atoms with Gasteiger partial charge in [0.25, 0.3) is 5.91 Å². The minimum absolute atomic E-state index is 0.151. The standard InChI is InChI=1S/C18H14BrNO3S2/c1-22-14-6-4-13(5-7-14)20-17(21)16(25-18(20)24)10-11-9-12(19)3-8-15(11)23-2/h3-10H,1-2H3/b16-10+. The Morgan fingerprint density at radius 3 is 2.48 bits per heavy atom. The number of carbonyl (C=O) groups is 1. The maximum absolute atomic E-state index is 12.8. The van der Waals surface area contributed by atoms with Crippen LogP contribution in [0.15, 0.2) is 51.8 Å². The van der Waals surface area contributed by atoms with E-state index in [0.29, 0.717) is 20.7 Å². The molecule has 1 aliphatic heterocycles. The largest absolute Gasteiger partial charge is 0.497 e. The monoisotopic (exact) mass is 435 g/mol. The number of halogens is 1. The van der Waals surface area contributed by atoms with Crippen LogP contribution in [0.4, 0.5) is 5.69 Å². The van der Waals surface area contributed by atoms with Crippen molar-refractivity contribution in [3.63, 3.8) is 0 Å². The van der Waals surface area contributed by atoms with Gasteiger partial charge in [-0.1, -0.05) is 39.9 Å². The zero-order valence-electron chi connectivity index (χ0n) is 13.5. The lowest BCUT2D eigenvalue weighted by Gasteiger charge is -2.14. The molecule has 2 aromatic carbocycles. The van der Waals surface area contributed by atoms with Crippen molar-refractivity contribution < 1.29 is 14.3 Å². The third-order valence-corrected chi connectivity index (χ3v) is 5.40. The van der Waals surface area contributed by atoms with Crippen LogP contribution < -0.4 is 14.4 Å². The van der Waals surface area contributed by atoms with Gasteiger partial charge < -0.3 is 9.47 Å². The summed E-state index contributed by atoms with van der Waals surface area (Å²) in [5.74, 6) is 1.27. The summed E-state index contributed by atoms with van der Waals surface area (Å²) in [6.07, 6.45) is 1.80. The Labute approximate surface area is 163 Å². The molecule has 0 unspecified atom stereocenters. The first-order chi connectivity index (χ1) is 12.0. The summed E-state index contributed by atoms with van der Waals surface area (Å²) in [6, 6.07) is 12.9. The first-order valence-corrected chi connectivity index (χ1v) is 9.31. The van der Waals surface area contributed by atoms with E-state index in [1.165, 1.54) is 16.7 Å². The van der Waals surface area contributed by atoms with E-state index >= 15 is 0 Å². The minimum atomic E-state index is -0.151. The topological polar surface area (TPSA) is 38.8 Å². The Morgan fingerprint density at radius 2 is 1.84 bits per heavy atom. The quantitative estimate of drug-likeness (QED) is 0.505. The molecule has 0 aromatic heterocycles. The molecule has 1 fully saturated rings. The summed E-state index contributed by atoms with van der Waals surface area (Å²) in [6.45, 7) is 0. The highest BCUT2D eigenvalue weighted by Crippen LogP contribution is 2.37. The van der Waals surface area contributed by atoms with Crippen LogP contribution in [-0.2, 0) is 4.79 Å². The Balaban J connectivity index is 1.94. The minimum Gasteiger partial charge on any atom is -0.497 e. The van der Waals surface area contributed by atoms with E-state index in [2.05, 4.69) is 15.9 Å². The zero-order valence-corrected chi connectivity index (χ0v) is 16.7. The molecular weight excluding hydrogens is 422 g/mol. The van der Waals surface area contributed by atoms with E-state index < -0.39 is 0 Å². The Hall–Kier alpha value is -1.83. The molecule has 1 amide bonds. The first kappa shape index (κ1) is 18.0. The molecule has 0 radical (unpaired) electrons. The van der Waals surface area contributed by atoms with Gasteiger partial charge in [-0.25, -0.2) is 0 Å². The third-order valence-electron chi connectivity index (χ3n) is 3.60. The lowest BCUT2D eigenvalue weighted by molar-refractivity contribution is -0.113. The Bertz CT molecular complexity index is 865. The molecule has 4 nitrogen and oxygen atoms in total. The van der Waals surface area contributed by atoms with Crippen molar-refractivity contribution >= 4 is 61.9 Å². The summed E-state index contributed by atoms with van der Waals surface area (Å²) in [4.78, 5) is 14.9. The average Bonchev–Trinajstić information content (AvgIpc) is 2.89. The third kappa shape index (κ3) is 3.73. The number of hydrogen-bond acceptors (Lipinski definition) is 5. The predicted molar refractivity (Wildman–Crippen MR) is 109 cm³/mol. The summed E-state index contributed by atoms with van der Waals surface area (Å²) >= 11 is 10.1. The molecule has 25 heavy (non-hydrogen) atoms. The molecule has 0 N–H and O–H groups in total. The van der Waals surface area contributed by atoms with Gasteiger partial charge in [-0.05, 0) is 48.5 Å². The van der Waals surface area contributed by atoms with Gasteiger partial charge in [-0.3, -0.25) is 9.69 Å². The second-order valence-electron chi connectivity index (χ2n) is 5.10. The number of thioether (sulfide) groups is 1. The van der Waals surface area contributed by atoms with Gasteiger partial charge in [-0.15, -0.1) is 0 Å². The second kappa shape index (κ2) is 7.59. The number of rotatable bonds is 4. The van der Waals surface area contributed by atoms with Crippen LogP contribution in [0.3, 0.4) is 0 Å². The van der Waals surface area contributed by atoms with Crippen molar-refractivity contribution in [1.82, 2.24) is 0 Å². The highest BCUT2D eigenvalue weighted by atomic mass is 79.9. The van der Waals surface area contributed by atoms with Crippen molar-refractivity contribution in [3.8, 4) is 11.5 Å². The molecule has 2 aromatic rings. The van der Waals surface area contributed by atoms with E-state index in [-0.39, 0.29) is 5.91 Å². The van der Waals surface area contributed by atoms with Crippen LogP contribution in [0.25, 0.3) is 6.08 Å². The van der Waals surface area contributed by atoms with Gasteiger partial charge in [0.1, 0.15) is 11.5 Å². The summed E-state index contributed by atoms with van der Waals surface area (Å²) < 4.78 is 11.9. The molecule has 0 aliphatic carbocycles. The Morgan fingerprint density at radius 1 is 1.12 bits per heavy atom. The molecule has 1 saturated heterocycles.